The van der Waals surface area contributed by atoms with Crippen LogP contribution in [0.15, 0.2) is 24.0 Å². The molecule has 11 heavy (non-hydrogen) atoms. The Kier molecular flexibility index (Phi) is 2.28. The van der Waals surface area contributed by atoms with Gasteiger partial charge in [-0.25, -0.2) is 5.48 Å². The van der Waals surface area contributed by atoms with Gasteiger partial charge in [0.05, 0.1) is 12.3 Å². The molecule has 0 amide bonds. The summed E-state index contributed by atoms with van der Waals surface area (Å²) >= 11 is 0. The monoisotopic (exact) mass is 157 g/mol. The summed E-state index contributed by atoms with van der Waals surface area (Å²) in [6.07, 6.45) is 4.91. The van der Waals surface area contributed by atoms with Crippen LogP contribution in [0.1, 0.15) is 6.42 Å². The van der Waals surface area contributed by atoms with E-state index in [2.05, 4.69) is 0 Å². The second-order valence-electron chi connectivity index (χ2n) is 2.57. The van der Waals surface area contributed by atoms with Gasteiger partial charge in [-0.2, -0.15) is 0 Å². The van der Waals surface area contributed by atoms with Gasteiger partial charge in [0.1, 0.15) is 5.60 Å². The molecule has 1 unspecified atom stereocenters. The van der Waals surface area contributed by atoms with Gasteiger partial charge in [-0.15, -0.1) is 0 Å². The molecule has 1 aliphatic rings. The Labute approximate surface area is 64.4 Å². The SMILES string of the molecule is ONCC1(O)C=CCC(O)=C1. The lowest BCUT2D eigenvalue weighted by Crippen LogP contribution is -2.37. The Morgan fingerprint density at radius 3 is 2.91 bits per heavy atom. The summed E-state index contributed by atoms with van der Waals surface area (Å²) in [5.41, 5.74) is 0.589. The molecule has 0 bridgehead atoms. The van der Waals surface area contributed by atoms with E-state index in [9.17, 15) is 5.11 Å². The second-order valence-corrected chi connectivity index (χ2v) is 2.57. The summed E-state index contributed by atoms with van der Waals surface area (Å²) in [7, 11) is 0. The lowest BCUT2D eigenvalue weighted by atomic mass is 9.97. The highest BCUT2D eigenvalue weighted by Crippen LogP contribution is 2.17. The molecule has 1 rings (SSSR count). The van der Waals surface area contributed by atoms with Crippen LogP contribution in [0.2, 0.25) is 0 Å². The first-order valence-electron chi connectivity index (χ1n) is 3.34. The van der Waals surface area contributed by atoms with Crippen LogP contribution in [0.4, 0.5) is 0 Å². The Hall–Kier alpha value is -0.840. The van der Waals surface area contributed by atoms with Crippen LogP contribution in [0, 0.1) is 0 Å². The molecule has 4 heteroatoms. The standard InChI is InChI=1S/C7H11NO3/c9-6-2-1-3-7(10,4-6)5-8-11/h1,3-4,8-11H,2,5H2. The predicted octanol–water partition coefficient (Wildman–Crippen LogP) is 0.0981. The molecular formula is C7H11NO3. The van der Waals surface area contributed by atoms with Gasteiger partial charge in [-0.1, -0.05) is 12.2 Å². The van der Waals surface area contributed by atoms with Gasteiger partial charge in [0.2, 0.25) is 0 Å². The minimum Gasteiger partial charge on any atom is -0.512 e. The molecule has 0 spiro atoms. The van der Waals surface area contributed by atoms with Gasteiger partial charge >= 0.3 is 0 Å². The highest BCUT2D eigenvalue weighted by molar-refractivity contribution is 5.23. The number of hydrogen-bond donors (Lipinski definition) is 4. The summed E-state index contributed by atoms with van der Waals surface area (Å²) < 4.78 is 0. The first-order valence-corrected chi connectivity index (χ1v) is 3.34. The number of aliphatic hydroxyl groups excluding tert-OH is 1. The quantitative estimate of drug-likeness (QED) is 0.339. The molecule has 0 saturated carbocycles. The van der Waals surface area contributed by atoms with Crippen molar-refractivity contribution in [1.82, 2.24) is 5.48 Å². The Morgan fingerprint density at radius 2 is 2.36 bits per heavy atom. The molecule has 62 valence electrons. The molecule has 0 aliphatic heterocycles. The van der Waals surface area contributed by atoms with E-state index in [1.807, 2.05) is 5.48 Å². The summed E-state index contributed by atoms with van der Waals surface area (Å²) in [6.45, 7) is -0.0203. The van der Waals surface area contributed by atoms with Crippen LogP contribution in [0.5, 0.6) is 0 Å². The predicted molar refractivity (Wildman–Crippen MR) is 39.2 cm³/mol. The van der Waals surface area contributed by atoms with Crippen molar-refractivity contribution in [3.05, 3.63) is 24.0 Å². The van der Waals surface area contributed by atoms with Crippen molar-refractivity contribution >= 4 is 0 Å². The number of aliphatic hydroxyl groups is 2. The van der Waals surface area contributed by atoms with Gasteiger partial charge in [0.15, 0.2) is 0 Å². The van der Waals surface area contributed by atoms with E-state index in [1.54, 1.807) is 6.08 Å². The van der Waals surface area contributed by atoms with Crippen molar-refractivity contribution in [1.29, 1.82) is 0 Å². The first-order chi connectivity index (χ1) is 5.16. The smallest absolute Gasteiger partial charge is 0.119 e. The number of hydroxylamine groups is 1. The van der Waals surface area contributed by atoms with E-state index >= 15 is 0 Å². The van der Waals surface area contributed by atoms with Crippen molar-refractivity contribution in [2.75, 3.05) is 6.54 Å². The summed E-state index contributed by atoms with van der Waals surface area (Å²) in [5.74, 6) is 0.116. The molecule has 0 aromatic heterocycles. The summed E-state index contributed by atoms with van der Waals surface area (Å²) in [4.78, 5) is 0. The van der Waals surface area contributed by atoms with Crippen molar-refractivity contribution in [3.8, 4) is 0 Å². The maximum absolute atomic E-state index is 9.50. The highest BCUT2D eigenvalue weighted by Gasteiger charge is 2.23. The maximum Gasteiger partial charge on any atom is 0.119 e. The van der Waals surface area contributed by atoms with Crippen molar-refractivity contribution in [2.45, 2.75) is 12.0 Å². The van der Waals surface area contributed by atoms with Crippen molar-refractivity contribution in [3.63, 3.8) is 0 Å². The molecule has 4 N–H and O–H groups in total. The highest BCUT2D eigenvalue weighted by atomic mass is 16.5. The van der Waals surface area contributed by atoms with Crippen molar-refractivity contribution < 1.29 is 15.4 Å². The zero-order valence-corrected chi connectivity index (χ0v) is 5.99. The molecule has 0 fully saturated rings. The topological polar surface area (TPSA) is 72.7 Å². The molecule has 0 aromatic carbocycles. The Morgan fingerprint density at radius 1 is 1.64 bits per heavy atom. The van der Waals surface area contributed by atoms with Gasteiger partial charge in [-0.05, 0) is 6.08 Å². The van der Waals surface area contributed by atoms with E-state index in [0.29, 0.717) is 6.42 Å². The third-order valence-electron chi connectivity index (χ3n) is 1.51. The Balaban J connectivity index is 2.68. The van der Waals surface area contributed by atoms with Crippen LogP contribution in [0.25, 0.3) is 0 Å². The molecule has 0 aromatic rings. The molecule has 4 nitrogen and oxygen atoms in total. The van der Waals surface area contributed by atoms with E-state index in [0.717, 1.165) is 0 Å². The van der Waals surface area contributed by atoms with E-state index in [4.69, 9.17) is 10.3 Å². The second kappa shape index (κ2) is 3.04. The largest absolute Gasteiger partial charge is 0.512 e. The normalized spacial score (nSPS) is 30.2. The third kappa shape index (κ3) is 2.04. The summed E-state index contributed by atoms with van der Waals surface area (Å²) in [5, 5.41) is 26.8. The first kappa shape index (κ1) is 8.26. The number of rotatable bonds is 2. The minimum absolute atomic E-state index is 0.0203. The molecule has 1 aliphatic carbocycles. The van der Waals surface area contributed by atoms with Crippen LogP contribution < -0.4 is 5.48 Å². The van der Waals surface area contributed by atoms with Gasteiger partial charge in [0, 0.05) is 6.42 Å². The number of allylic oxidation sites excluding steroid dienone is 1. The minimum atomic E-state index is -1.25. The Bertz CT molecular complexity index is 200. The lowest BCUT2D eigenvalue weighted by Gasteiger charge is -2.22. The fourth-order valence-corrected chi connectivity index (χ4v) is 1.02. The van der Waals surface area contributed by atoms with Gasteiger partial charge in [0.25, 0.3) is 0 Å². The average molecular weight is 157 g/mol. The van der Waals surface area contributed by atoms with Crippen LogP contribution in [-0.4, -0.2) is 27.6 Å². The third-order valence-corrected chi connectivity index (χ3v) is 1.51. The van der Waals surface area contributed by atoms with E-state index in [1.165, 1.54) is 12.2 Å². The number of hydrogen-bond acceptors (Lipinski definition) is 4. The zero-order valence-electron chi connectivity index (χ0n) is 5.99. The van der Waals surface area contributed by atoms with Gasteiger partial charge in [-0.3, -0.25) is 0 Å². The van der Waals surface area contributed by atoms with Crippen molar-refractivity contribution in [2.24, 2.45) is 0 Å². The van der Waals surface area contributed by atoms with Crippen LogP contribution in [-0.2, 0) is 0 Å². The zero-order chi connectivity index (χ0) is 8.32. The average Bonchev–Trinajstić information content (AvgIpc) is 1.86. The number of nitrogens with one attached hydrogen (secondary N) is 1. The summed E-state index contributed by atoms with van der Waals surface area (Å²) in [6, 6.07) is 0. The van der Waals surface area contributed by atoms with E-state index < -0.39 is 5.60 Å². The molecule has 0 radical (unpaired) electrons. The van der Waals surface area contributed by atoms with E-state index in [-0.39, 0.29) is 12.3 Å². The molecule has 0 saturated heterocycles. The van der Waals surface area contributed by atoms with Crippen LogP contribution in [0.3, 0.4) is 0 Å². The maximum atomic E-state index is 9.50. The molecule has 1 atom stereocenters. The fourth-order valence-electron chi connectivity index (χ4n) is 1.02. The lowest BCUT2D eigenvalue weighted by molar-refractivity contribution is 0.0688. The van der Waals surface area contributed by atoms with Crippen LogP contribution >= 0.6 is 0 Å². The fraction of sp³-hybridized carbons (Fsp3) is 0.429. The van der Waals surface area contributed by atoms with Gasteiger partial charge < -0.3 is 15.4 Å². The molecular weight excluding hydrogens is 146 g/mol. The molecule has 0 heterocycles.